The molecule has 0 radical (unpaired) electrons. The van der Waals surface area contributed by atoms with Gasteiger partial charge in [0.2, 0.25) is 0 Å². The second kappa shape index (κ2) is 5.68. The molecule has 0 fully saturated rings. The van der Waals surface area contributed by atoms with Crippen molar-refractivity contribution >= 4 is 11.9 Å². The lowest BCUT2D eigenvalue weighted by atomic mass is 10.5. The molecular weight excluding hydrogens is 238 g/mol. The quantitative estimate of drug-likeness (QED) is 0.611. The Bertz CT molecular complexity index is 457. The summed E-state index contributed by atoms with van der Waals surface area (Å²) in [7, 11) is 0. The number of aromatic nitrogens is 2. The highest BCUT2D eigenvalue weighted by Gasteiger charge is 2.16. The molecule has 1 heterocycles. The van der Waals surface area contributed by atoms with Crippen LogP contribution in [0.4, 0.5) is 14.7 Å². The van der Waals surface area contributed by atoms with E-state index in [0.29, 0.717) is 0 Å². The van der Waals surface area contributed by atoms with E-state index in [2.05, 4.69) is 4.98 Å². The largest absolute Gasteiger partial charge is 0.435 e. The molecule has 0 aliphatic carbocycles. The number of nitrogens with zero attached hydrogens (tertiary/aromatic N) is 3. The highest BCUT2D eigenvalue weighted by Crippen LogP contribution is 2.06. The fraction of sp³-hybridized carbons (Fsp3) is 0.250. The zero-order valence-electron chi connectivity index (χ0n) is 8.47. The van der Waals surface area contributed by atoms with Crippen LogP contribution in [-0.4, -0.2) is 26.9 Å². The molecule has 1 N–H and O–H groups in total. The fourth-order valence-electron chi connectivity index (χ4n) is 1.03. The van der Waals surface area contributed by atoms with Gasteiger partial charge in [0.25, 0.3) is 5.91 Å². The minimum absolute atomic E-state index is 0.278. The summed E-state index contributed by atoms with van der Waals surface area (Å²) in [5, 5.41) is 12.5. The number of hydrogen-bond acceptors (Lipinski definition) is 4. The minimum Gasteiger partial charge on any atom is -0.390 e. The summed E-state index contributed by atoms with van der Waals surface area (Å²) in [6.07, 6.45) is 2.12. The van der Waals surface area contributed by atoms with E-state index in [1.165, 1.54) is 6.20 Å². The maximum absolute atomic E-state index is 12.3. The standard InChI is InChI=1S/C8H8F2N4O3/c9-3-6(10)4-12-7(15)5-13-2-1-11-8(13)14(16)17/h1-3H,4-5H2,(H,12,15)/b6-3-. The molecule has 0 saturated carbocycles. The molecule has 1 amide bonds. The average molecular weight is 246 g/mol. The molecule has 7 nitrogen and oxygen atoms in total. The molecule has 0 aromatic carbocycles. The number of nitrogens with one attached hydrogen (secondary N) is 1. The average Bonchev–Trinajstić information content (AvgIpc) is 2.74. The Morgan fingerprint density at radius 3 is 3.00 bits per heavy atom. The van der Waals surface area contributed by atoms with E-state index < -0.39 is 35.7 Å². The van der Waals surface area contributed by atoms with Gasteiger partial charge in [-0.25, -0.2) is 13.3 Å². The van der Waals surface area contributed by atoms with E-state index in [1.807, 2.05) is 5.32 Å². The molecule has 1 aromatic rings. The zero-order chi connectivity index (χ0) is 12.8. The van der Waals surface area contributed by atoms with Gasteiger partial charge in [0.1, 0.15) is 24.6 Å². The van der Waals surface area contributed by atoms with Gasteiger partial charge in [0.15, 0.2) is 6.54 Å². The van der Waals surface area contributed by atoms with Crippen molar-refractivity contribution in [3.63, 3.8) is 0 Å². The van der Waals surface area contributed by atoms with Gasteiger partial charge in [0, 0.05) is 0 Å². The van der Waals surface area contributed by atoms with Crippen molar-refractivity contribution in [3.05, 3.63) is 34.7 Å². The maximum Gasteiger partial charge on any atom is 0.435 e. The second-order valence-electron chi connectivity index (χ2n) is 2.94. The third kappa shape index (κ3) is 3.63. The first-order valence-corrected chi connectivity index (χ1v) is 4.41. The summed E-state index contributed by atoms with van der Waals surface area (Å²) in [6, 6.07) is 0. The van der Waals surface area contributed by atoms with Crippen LogP contribution in [0.2, 0.25) is 0 Å². The number of nitro groups is 1. The normalized spacial score (nSPS) is 11.3. The molecule has 0 spiro atoms. The number of hydrogen-bond donors (Lipinski definition) is 1. The van der Waals surface area contributed by atoms with E-state index in [4.69, 9.17) is 0 Å². The third-order valence-electron chi connectivity index (χ3n) is 1.74. The van der Waals surface area contributed by atoms with E-state index in [9.17, 15) is 23.7 Å². The van der Waals surface area contributed by atoms with Crippen LogP contribution in [0.25, 0.3) is 0 Å². The summed E-state index contributed by atoms with van der Waals surface area (Å²) in [5.74, 6) is -2.33. The predicted molar refractivity (Wildman–Crippen MR) is 52.2 cm³/mol. The lowest BCUT2D eigenvalue weighted by Gasteiger charge is -2.02. The summed E-state index contributed by atoms with van der Waals surface area (Å²) in [4.78, 5) is 24.3. The number of halogens is 2. The summed E-state index contributed by atoms with van der Waals surface area (Å²) >= 11 is 0. The van der Waals surface area contributed by atoms with Crippen LogP contribution in [0, 0.1) is 10.1 Å². The Kier molecular flexibility index (Phi) is 4.26. The topological polar surface area (TPSA) is 90.1 Å². The molecule has 0 saturated heterocycles. The Balaban J connectivity index is 2.56. The van der Waals surface area contributed by atoms with Crippen molar-refractivity contribution in [1.29, 1.82) is 0 Å². The molecule has 9 heteroatoms. The first-order chi connectivity index (χ1) is 8.04. The van der Waals surface area contributed by atoms with Crippen molar-refractivity contribution < 1.29 is 18.5 Å². The van der Waals surface area contributed by atoms with E-state index in [-0.39, 0.29) is 6.33 Å². The fourth-order valence-corrected chi connectivity index (χ4v) is 1.03. The third-order valence-corrected chi connectivity index (χ3v) is 1.74. The maximum atomic E-state index is 12.3. The Hall–Kier alpha value is -2.32. The molecular formula is C8H8F2N4O3. The van der Waals surface area contributed by atoms with Crippen molar-refractivity contribution in [2.75, 3.05) is 6.54 Å². The molecule has 1 rings (SSSR count). The van der Waals surface area contributed by atoms with Gasteiger partial charge in [-0.3, -0.25) is 4.79 Å². The number of rotatable bonds is 5. The molecule has 0 aliphatic heterocycles. The van der Waals surface area contributed by atoms with Gasteiger partial charge in [0.05, 0.1) is 6.54 Å². The Labute approximate surface area is 93.9 Å². The molecule has 92 valence electrons. The van der Waals surface area contributed by atoms with Crippen molar-refractivity contribution in [2.45, 2.75) is 6.54 Å². The van der Waals surface area contributed by atoms with E-state index >= 15 is 0 Å². The van der Waals surface area contributed by atoms with E-state index in [1.54, 1.807) is 0 Å². The lowest BCUT2D eigenvalue weighted by molar-refractivity contribution is -0.396. The number of carbonyl (C=O) groups excluding carboxylic acids is 1. The van der Waals surface area contributed by atoms with Crippen LogP contribution in [0.5, 0.6) is 0 Å². The highest BCUT2D eigenvalue weighted by atomic mass is 19.2. The van der Waals surface area contributed by atoms with Crippen LogP contribution in [-0.2, 0) is 11.3 Å². The molecule has 17 heavy (non-hydrogen) atoms. The summed E-state index contributed by atoms with van der Waals surface area (Å²) in [5.41, 5.74) is 0. The Morgan fingerprint density at radius 1 is 1.71 bits per heavy atom. The molecule has 1 aromatic heterocycles. The predicted octanol–water partition coefficient (Wildman–Crippen LogP) is 0.688. The first-order valence-electron chi connectivity index (χ1n) is 4.41. The highest BCUT2D eigenvalue weighted by molar-refractivity contribution is 5.76. The SMILES string of the molecule is O=C(Cn1ccnc1[N+](=O)[O-])NC/C(F)=C/F. The molecule has 0 unspecified atom stereocenters. The first kappa shape index (κ1) is 12.7. The number of imidazole rings is 1. The summed E-state index contributed by atoms with van der Waals surface area (Å²) in [6.45, 7) is -0.992. The van der Waals surface area contributed by atoms with Crippen LogP contribution < -0.4 is 5.32 Å². The molecule has 0 atom stereocenters. The minimum atomic E-state index is -1.14. The Morgan fingerprint density at radius 2 is 2.41 bits per heavy atom. The number of amides is 1. The monoisotopic (exact) mass is 246 g/mol. The molecule has 0 bridgehead atoms. The van der Waals surface area contributed by atoms with Crippen LogP contribution in [0.1, 0.15) is 0 Å². The smallest absolute Gasteiger partial charge is 0.390 e. The van der Waals surface area contributed by atoms with E-state index in [0.717, 1.165) is 10.8 Å². The lowest BCUT2D eigenvalue weighted by Crippen LogP contribution is -2.28. The van der Waals surface area contributed by atoms with Gasteiger partial charge >= 0.3 is 5.95 Å². The van der Waals surface area contributed by atoms with Gasteiger partial charge in [-0.15, -0.1) is 0 Å². The van der Waals surface area contributed by atoms with Gasteiger partial charge < -0.3 is 15.4 Å². The van der Waals surface area contributed by atoms with Crippen LogP contribution >= 0.6 is 0 Å². The second-order valence-corrected chi connectivity index (χ2v) is 2.94. The van der Waals surface area contributed by atoms with Crippen LogP contribution in [0.3, 0.4) is 0 Å². The van der Waals surface area contributed by atoms with Crippen molar-refractivity contribution in [3.8, 4) is 0 Å². The number of carbonyl (C=O) groups is 1. The van der Waals surface area contributed by atoms with Gasteiger partial charge in [-0.05, 0) is 4.92 Å². The van der Waals surface area contributed by atoms with Crippen LogP contribution in [0.15, 0.2) is 24.6 Å². The molecule has 0 aliphatic rings. The van der Waals surface area contributed by atoms with Gasteiger partial charge in [-0.1, -0.05) is 4.98 Å². The van der Waals surface area contributed by atoms with Crippen molar-refractivity contribution in [2.24, 2.45) is 0 Å². The van der Waals surface area contributed by atoms with Crippen molar-refractivity contribution in [1.82, 2.24) is 14.9 Å². The zero-order valence-corrected chi connectivity index (χ0v) is 8.47. The van der Waals surface area contributed by atoms with Gasteiger partial charge in [-0.2, -0.15) is 0 Å². The summed E-state index contributed by atoms with van der Waals surface area (Å²) < 4.78 is 24.9.